The standard InChI is InChI=1S/C13H17NO6S/c1-4-20-12(15)9-14(2)21(17,18)11-8-6-5-7-10(11)13(16)19-3/h5-8H,4,9H2,1-3H3. The van der Waals surface area contributed by atoms with Crippen molar-refractivity contribution < 1.29 is 27.5 Å². The predicted molar refractivity (Wildman–Crippen MR) is 74.2 cm³/mol. The zero-order chi connectivity index (χ0) is 16.0. The van der Waals surface area contributed by atoms with Gasteiger partial charge in [-0.25, -0.2) is 13.2 Å². The van der Waals surface area contributed by atoms with Crippen LogP contribution in [0, 0.1) is 0 Å². The van der Waals surface area contributed by atoms with Crippen molar-refractivity contribution in [2.45, 2.75) is 11.8 Å². The van der Waals surface area contributed by atoms with E-state index in [1.807, 2.05) is 0 Å². The van der Waals surface area contributed by atoms with Crippen LogP contribution >= 0.6 is 0 Å². The van der Waals surface area contributed by atoms with Crippen molar-refractivity contribution in [2.24, 2.45) is 0 Å². The number of ether oxygens (including phenoxy) is 2. The Balaban J connectivity index is 3.13. The lowest BCUT2D eigenvalue weighted by Crippen LogP contribution is -2.34. The molecule has 0 saturated carbocycles. The summed E-state index contributed by atoms with van der Waals surface area (Å²) in [6.45, 7) is 1.34. The first-order chi connectivity index (χ1) is 9.84. The second kappa shape index (κ2) is 7.19. The maximum atomic E-state index is 12.4. The van der Waals surface area contributed by atoms with Crippen molar-refractivity contribution in [3.05, 3.63) is 29.8 Å². The van der Waals surface area contributed by atoms with Gasteiger partial charge in [-0.05, 0) is 19.1 Å². The van der Waals surface area contributed by atoms with Gasteiger partial charge in [0.15, 0.2) is 0 Å². The quantitative estimate of drug-likeness (QED) is 0.716. The van der Waals surface area contributed by atoms with Crippen molar-refractivity contribution in [1.29, 1.82) is 0 Å². The van der Waals surface area contributed by atoms with E-state index in [0.29, 0.717) is 0 Å². The molecule has 1 aromatic carbocycles. The second-order valence-electron chi connectivity index (χ2n) is 4.05. The SMILES string of the molecule is CCOC(=O)CN(C)S(=O)(=O)c1ccccc1C(=O)OC. The summed E-state index contributed by atoms with van der Waals surface area (Å²) in [5.41, 5.74) is -0.0873. The van der Waals surface area contributed by atoms with Crippen molar-refractivity contribution in [1.82, 2.24) is 4.31 Å². The molecule has 0 bridgehead atoms. The van der Waals surface area contributed by atoms with E-state index in [9.17, 15) is 18.0 Å². The van der Waals surface area contributed by atoms with Crippen molar-refractivity contribution in [2.75, 3.05) is 27.3 Å². The minimum absolute atomic E-state index is 0.0873. The Labute approximate surface area is 123 Å². The third-order valence-corrected chi connectivity index (χ3v) is 4.50. The largest absolute Gasteiger partial charge is 0.465 e. The van der Waals surface area contributed by atoms with Crippen LogP contribution in [-0.4, -0.2) is 52.0 Å². The number of benzene rings is 1. The fraction of sp³-hybridized carbons (Fsp3) is 0.385. The van der Waals surface area contributed by atoms with Crippen LogP contribution in [-0.2, 0) is 24.3 Å². The average molecular weight is 315 g/mol. The van der Waals surface area contributed by atoms with Gasteiger partial charge in [-0.3, -0.25) is 4.79 Å². The van der Waals surface area contributed by atoms with Gasteiger partial charge in [-0.1, -0.05) is 12.1 Å². The number of carbonyl (C=O) groups excluding carboxylic acids is 2. The Morgan fingerprint density at radius 1 is 1.24 bits per heavy atom. The third-order valence-electron chi connectivity index (χ3n) is 2.64. The van der Waals surface area contributed by atoms with E-state index in [0.717, 1.165) is 11.4 Å². The second-order valence-corrected chi connectivity index (χ2v) is 6.07. The first kappa shape index (κ1) is 17.1. The number of esters is 2. The highest BCUT2D eigenvalue weighted by atomic mass is 32.2. The van der Waals surface area contributed by atoms with E-state index in [-0.39, 0.29) is 17.1 Å². The summed E-state index contributed by atoms with van der Waals surface area (Å²) in [4.78, 5) is 22.8. The molecular formula is C13H17NO6S. The third kappa shape index (κ3) is 4.02. The maximum Gasteiger partial charge on any atom is 0.339 e. The van der Waals surface area contributed by atoms with Crippen LogP contribution in [0.2, 0.25) is 0 Å². The number of carbonyl (C=O) groups is 2. The summed E-state index contributed by atoms with van der Waals surface area (Å²) in [5, 5.41) is 0. The molecule has 0 heterocycles. The lowest BCUT2D eigenvalue weighted by Gasteiger charge is -2.17. The molecule has 0 aliphatic heterocycles. The van der Waals surface area contributed by atoms with Crippen molar-refractivity contribution in [3.8, 4) is 0 Å². The Hall–Kier alpha value is -1.93. The summed E-state index contributed by atoms with van der Waals surface area (Å²) in [6.07, 6.45) is 0. The van der Waals surface area contributed by atoms with Gasteiger partial charge in [0, 0.05) is 7.05 Å². The average Bonchev–Trinajstić information content (AvgIpc) is 2.46. The fourth-order valence-electron chi connectivity index (χ4n) is 1.61. The van der Waals surface area contributed by atoms with E-state index in [4.69, 9.17) is 4.74 Å². The molecule has 7 nitrogen and oxygen atoms in total. The number of nitrogens with zero attached hydrogens (tertiary/aromatic N) is 1. The summed E-state index contributed by atoms with van der Waals surface area (Å²) in [5.74, 6) is -1.43. The molecule has 0 amide bonds. The molecule has 116 valence electrons. The number of hydrogen-bond donors (Lipinski definition) is 0. The molecule has 0 aromatic heterocycles. The molecular weight excluding hydrogens is 298 g/mol. The van der Waals surface area contributed by atoms with Gasteiger partial charge in [-0.2, -0.15) is 4.31 Å². The van der Waals surface area contributed by atoms with Crippen LogP contribution in [0.4, 0.5) is 0 Å². The first-order valence-corrected chi connectivity index (χ1v) is 7.57. The van der Waals surface area contributed by atoms with Gasteiger partial charge in [0.25, 0.3) is 0 Å². The number of hydrogen-bond acceptors (Lipinski definition) is 6. The Kier molecular flexibility index (Phi) is 5.86. The smallest absolute Gasteiger partial charge is 0.339 e. The predicted octanol–water partition coefficient (Wildman–Crippen LogP) is 0.657. The zero-order valence-electron chi connectivity index (χ0n) is 12.0. The first-order valence-electron chi connectivity index (χ1n) is 6.13. The molecule has 0 spiro atoms. The van der Waals surface area contributed by atoms with Gasteiger partial charge in [0.05, 0.1) is 24.2 Å². The van der Waals surface area contributed by atoms with E-state index < -0.39 is 28.5 Å². The molecule has 0 aliphatic rings. The Morgan fingerprint density at radius 2 is 1.86 bits per heavy atom. The van der Waals surface area contributed by atoms with Crippen molar-refractivity contribution >= 4 is 22.0 Å². The normalized spacial score (nSPS) is 11.2. The number of sulfonamides is 1. The highest BCUT2D eigenvalue weighted by Gasteiger charge is 2.28. The molecule has 0 atom stereocenters. The molecule has 0 N–H and O–H groups in total. The summed E-state index contributed by atoms with van der Waals surface area (Å²) < 4.78 is 34.9. The van der Waals surface area contributed by atoms with E-state index in [2.05, 4.69) is 4.74 Å². The lowest BCUT2D eigenvalue weighted by molar-refractivity contribution is -0.143. The molecule has 0 unspecified atom stereocenters. The van der Waals surface area contributed by atoms with Crippen LogP contribution in [0.5, 0.6) is 0 Å². The van der Waals surface area contributed by atoms with Crippen LogP contribution in [0.25, 0.3) is 0 Å². The van der Waals surface area contributed by atoms with E-state index >= 15 is 0 Å². The number of rotatable bonds is 6. The van der Waals surface area contributed by atoms with Crippen LogP contribution in [0.1, 0.15) is 17.3 Å². The van der Waals surface area contributed by atoms with Gasteiger partial charge >= 0.3 is 11.9 Å². The minimum atomic E-state index is -4.01. The summed E-state index contributed by atoms with van der Waals surface area (Å²) in [6, 6.07) is 5.63. The Bertz CT molecular complexity index is 625. The van der Waals surface area contributed by atoms with Crippen LogP contribution in [0.3, 0.4) is 0 Å². The number of likely N-dealkylation sites (N-methyl/N-ethyl adjacent to an activating group) is 1. The van der Waals surface area contributed by atoms with Crippen LogP contribution < -0.4 is 0 Å². The lowest BCUT2D eigenvalue weighted by atomic mass is 10.2. The molecule has 0 saturated heterocycles. The van der Waals surface area contributed by atoms with Crippen molar-refractivity contribution in [3.63, 3.8) is 0 Å². The molecule has 1 rings (SSSR count). The fourth-order valence-corrected chi connectivity index (χ4v) is 2.90. The maximum absolute atomic E-state index is 12.4. The van der Waals surface area contributed by atoms with E-state index in [1.165, 1.54) is 31.3 Å². The Morgan fingerprint density at radius 3 is 2.43 bits per heavy atom. The van der Waals surface area contributed by atoms with Crippen LogP contribution in [0.15, 0.2) is 29.2 Å². The van der Waals surface area contributed by atoms with Gasteiger partial charge < -0.3 is 9.47 Å². The van der Waals surface area contributed by atoms with Gasteiger partial charge in [0.2, 0.25) is 10.0 Å². The zero-order valence-corrected chi connectivity index (χ0v) is 12.8. The molecule has 0 fully saturated rings. The molecule has 0 aliphatic carbocycles. The molecule has 8 heteroatoms. The summed E-state index contributed by atoms with van der Waals surface area (Å²) in [7, 11) is -1.61. The summed E-state index contributed by atoms with van der Waals surface area (Å²) >= 11 is 0. The minimum Gasteiger partial charge on any atom is -0.465 e. The monoisotopic (exact) mass is 315 g/mol. The highest BCUT2D eigenvalue weighted by Crippen LogP contribution is 2.20. The molecule has 1 aromatic rings. The topological polar surface area (TPSA) is 90.0 Å². The van der Waals surface area contributed by atoms with Gasteiger partial charge in [-0.15, -0.1) is 0 Å². The van der Waals surface area contributed by atoms with Gasteiger partial charge in [0.1, 0.15) is 6.54 Å². The number of methoxy groups -OCH3 is 1. The molecule has 21 heavy (non-hydrogen) atoms. The van der Waals surface area contributed by atoms with E-state index in [1.54, 1.807) is 6.92 Å². The molecule has 0 radical (unpaired) electrons. The highest BCUT2D eigenvalue weighted by molar-refractivity contribution is 7.89.